The number of hydrogen-bond acceptors (Lipinski definition) is 3. The molecule has 23 heavy (non-hydrogen) atoms. The van der Waals surface area contributed by atoms with Gasteiger partial charge < -0.3 is 5.73 Å². The van der Waals surface area contributed by atoms with Crippen molar-refractivity contribution in [2.45, 2.75) is 5.51 Å². The number of primary amides is 1. The van der Waals surface area contributed by atoms with Crippen LogP contribution in [0.3, 0.4) is 0 Å². The zero-order valence-electron chi connectivity index (χ0n) is 11.5. The van der Waals surface area contributed by atoms with E-state index < -0.39 is 21.4 Å². The van der Waals surface area contributed by atoms with Crippen LogP contribution in [0.1, 0.15) is 10.4 Å². The number of carbonyl (C=O) groups excluding carboxylic acids is 1. The number of sulfonamides is 1. The van der Waals surface area contributed by atoms with Crippen molar-refractivity contribution in [1.82, 2.24) is 0 Å². The van der Waals surface area contributed by atoms with Gasteiger partial charge in [-0.1, -0.05) is 36.4 Å². The highest BCUT2D eigenvalue weighted by Crippen LogP contribution is 2.34. The summed E-state index contributed by atoms with van der Waals surface area (Å²) in [7, 11) is -5.63. The fraction of sp³-hybridized carbons (Fsp3) is 0.0714. The lowest BCUT2D eigenvalue weighted by atomic mass is 9.97. The van der Waals surface area contributed by atoms with E-state index in [1.165, 1.54) is 29.0 Å². The van der Waals surface area contributed by atoms with Gasteiger partial charge >= 0.3 is 15.5 Å². The molecule has 0 saturated heterocycles. The van der Waals surface area contributed by atoms with Gasteiger partial charge in [-0.3, -0.25) is 9.52 Å². The first-order valence-electron chi connectivity index (χ1n) is 6.21. The Hall–Kier alpha value is -2.55. The van der Waals surface area contributed by atoms with Crippen molar-refractivity contribution in [3.05, 3.63) is 54.1 Å². The minimum absolute atomic E-state index is 0.0200. The van der Waals surface area contributed by atoms with Crippen LogP contribution in [-0.2, 0) is 10.0 Å². The van der Waals surface area contributed by atoms with Crippen LogP contribution >= 0.6 is 0 Å². The molecule has 0 aromatic heterocycles. The van der Waals surface area contributed by atoms with Gasteiger partial charge in [0.1, 0.15) is 0 Å². The predicted molar refractivity (Wildman–Crippen MR) is 79.0 cm³/mol. The summed E-state index contributed by atoms with van der Waals surface area (Å²) in [4.78, 5) is 11.5. The van der Waals surface area contributed by atoms with Crippen LogP contribution in [0.2, 0.25) is 0 Å². The number of nitrogens with two attached hydrogens (primary N) is 1. The topological polar surface area (TPSA) is 89.3 Å². The second kappa shape index (κ2) is 5.92. The summed E-state index contributed by atoms with van der Waals surface area (Å²) < 4.78 is 61.8. The Balaban J connectivity index is 2.66. The third kappa shape index (κ3) is 3.45. The van der Waals surface area contributed by atoms with E-state index in [2.05, 4.69) is 0 Å². The van der Waals surface area contributed by atoms with Gasteiger partial charge in [0.2, 0.25) is 5.91 Å². The Morgan fingerprint density at radius 3 is 2.13 bits per heavy atom. The first-order chi connectivity index (χ1) is 10.6. The predicted octanol–water partition coefficient (Wildman–Crippen LogP) is 2.71. The number of alkyl halides is 3. The molecule has 0 aliphatic carbocycles. The maximum absolute atomic E-state index is 12.6. The van der Waals surface area contributed by atoms with E-state index in [1.54, 1.807) is 18.2 Å². The summed E-state index contributed by atoms with van der Waals surface area (Å²) in [5.74, 6) is -0.892. The van der Waals surface area contributed by atoms with Gasteiger partial charge in [-0.25, -0.2) is 0 Å². The molecule has 0 atom stereocenters. The van der Waals surface area contributed by atoms with Crippen molar-refractivity contribution >= 4 is 21.6 Å². The highest BCUT2D eigenvalue weighted by molar-refractivity contribution is 7.93. The van der Waals surface area contributed by atoms with E-state index in [4.69, 9.17) is 5.73 Å². The maximum Gasteiger partial charge on any atom is 0.516 e. The molecule has 2 aromatic carbocycles. The van der Waals surface area contributed by atoms with Crippen LogP contribution in [0.5, 0.6) is 0 Å². The fourth-order valence-electron chi connectivity index (χ4n) is 1.96. The van der Waals surface area contributed by atoms with Crippen LogP contribution in [-0.4, -0.2) is 19.8 Å². The minimum Gasteiger partial charge on any atom is -0.366 e. The second-order valence-electron chi connectivity index (χ2n) is 4.51. The number of hydrogen-bond donors (Lipinski definition) is 2. The van der Waals surface area contributed by atoms with E-state index in [-0.39, 0.29) is 16.8 Å². The quantitative estimate of drug-likeness (QED) is 0.894. The van der Waals surface area contributed by atoms with Crippen LogP contribution in [0, 0.1) is 0 Å². The summed E-state index contributed by atoms with van der Waals surface area (Å²) in [5.41, 5.74) is -0.405. The van der Waals surface area contributed by atoms with E-state index in [9.17, 15) is 26.4 Å². The number of benzene rings is 2. The van der Waals surface area contributed by atoms with Gasteiger partial charge in [-0.05, 0) is 17.7 Å². The van der Waals surface area contributed by atoms with E-state index in [0.717, 1.165) is 6.07 Å². The fourth-order valence-corrected chi connectivity index (χ4v) is 2.54. The molecule has 0 saturated carbocycles. The number of rotatable bonds is 4. The summed E-state index contributed by atoms with van der Waals surface area (Å²) in [6.45, 7) is 0. The molecule has 0 heterocycles. The van der Waals surface area contributed by atoms with Crippen molar-refractivity contribution in [2.75, 3.05) is 4.72 Å². The number of anilines is 1. The first kappa shape index (κ1) is 16.8. The lowest BCUT2D eigenvalue weighted by Gasteiger charge is -2.16. The smallest absolute Gasteiger partial charge is 0.366 e. The summed E-state index contributed by atoms with van der Waals surface area (Å²) in [5, 5.41) is 0. The van der Waals surface area contributed by atoms with Crippen molar-refractivity contribution in [2.24, 2.45) is 5.73 Å². The molecule has 0 unspecified atom stereocenters. The minimum atomic E-state index is -5.63. The molecule has 2 aromatic rings. The molecule has 2 rings (SSSR count). The highest BCUT2D eigenvalue weighted by atomic mass is 32.2. The number of amides is 1. The molecule has 0 aliphatic rings. The molecule has 5 nitrogen and oxygen atoms in total. The van der Waals surface area contributed by atoms with Crippen molar-refractivity contribution in [3.8, 4) is 11.1 Å². The molecule has 0 radical (unpaired) electrons. The Kier molecular flexibility index (Phi) is 4.33. The van der Waals surface area contributed by atoms with Gasteiger partial charge in [0.25, 0.3) is 0 Å². The average Bonchev–Trinajstić information content (AvgIpc) is 2.46. The third-order valence-corrected chi connectivity index (χ3v) is 4.04. The molecular weight excluding hydrogens is 333 g/mol. The van der Waals surface area contributed by atoms with Gasteiger partial charge in [0.05, 0.1) is 5.69 Å². The first-order valence-corrected chi connectivity index (χ1v) is 7.69. The second-order valence-corrected chi connectivity index (χ2v) is 6.18. The van der Waals surface area contributed by atoms with Crippen LogP contribution < -0.4 is 10.5 Å². The lowest BCUT2D eigenvalue weighted by molar-refractivity contribution is -0.0429. The number of carbonyl (C=O) groups is 1. The van der Waals surface area contributed by atoms with Crippen molar-refractivity contribution < 1.29 is 26.4 Å². The van der Waals surface area contributed by atoms with Crippen LogP contribution in [0.25, 0.3) is 11.1 Å². The monoisotopic (exact) mass is 344 g/mol. The Morgan fingerprint density at radius 1 is 1.00 bits per heavy atom. The SMILES string of the molecule is NC(=O)c1cccc(NS(=O)(=O)C(F)(F)F)c1-c1ccccc1. The van der Waals surface area contributed by atoms with E-state index in [0.29, 0.717) is 5.56 Å². The largest absolute Gasteiger partial charge is 0.516 e. The Bertz CT molecular complexity index is 834. The summed E-state index contributed by atoms with van der Waals surface area (Å²) in [6.07, 6.45) is 0. The van der Waals surface area contributed by atoms with Crippen molar-refractivity contribution in [3.63, 3.8) is 0 Å². The Labute approximate surface area is 130 Å². The van der Waals surface area contributed by atoms with Crippen LogP contribution in [0.4, 0.5) is 18.9 Å². The number of nitrogens with one attached hydrogen (secondary N) is 1. The molecule has 9 heteroatoms. The normalized spacial score (nSPS) is 12.0. The summed E-state index contributed by atoms with van der Waals surface area (Å²) >= 11 is 0. The highest BCUT2D eigenvalue weighted by Gasteiger charge is 2.46. The molecule has 0 spiro atoms. The molecule has 1 amide bonds. The lowest BCUT2D eigenvalue weighted by Crippen LogP contribution is -2.30. The van der Waals surface area contributed by atoms with Gasteiger partial charge in [0.15, 0.2) is 0 Å². The standard InChI is InChI=1S/C14H11F3N2O3S/c15-14(16,17)23(21,22)19-11-8-4-7-10(13(18)20)12(11)9-5-2-1-3-6-9/h1-8,19H,(H2,18,20). The Morgan fingerprint density at radius 2 is 1.61 bits per heavy atom. The van der Waals surface area contributed by atoms with E-state index >= 15 is 0 Å². The molecule has 3 N–H and O–H groups in total. The summed E-state index contributed by atoms with van der Waals surface area (Å²) in [6, 6.07) is 11.6. The van der Waals surface area contributed by atoms with Gasteiger partial charge in [0, 0.05) is 11.1 Å². The molecule has 0 bridgehead atoms. The molecule has 0 fully saturated rings. The molecule has 0 aliphatic heterocycles. The van der Waals surface area contributed by atoms with E-state index in [1.807, 2.05) is 0 Å². The zero-order valence-corrected chi connectivity index (χ0v) is 12.3. The molecule has 122 valence electrons. The number of halogens is 3. The maximum atomic E-state index is 12.6. The van der Waals surface area contributed by atoms with Gasteiger partial charge in [-0.2, -0.15) is 21.6 Å². The third-order valence-electron chi connectivity index (χ3n) is 2.94. The van der Waals surface area contributed by atoms with Gasteiger partial charge in [-0.15, -0.1) is 0 Å². The average molecular weight is 344 g/mol. The zero-order chi connectivity index (χ0) is 17.3. The van der Waals surface area contributed by atoms with Crippen molar-refractivity contribution in [1.29, 1.82) is 0 Å². The molecular formula is C14H11F3N2O3S. The van der Waals surface area contributed by atoms with Crippen LogP contribution in [0.15, 0.2) is 48.5 Å².